The van der Waals surface area contributed by atoms with Crippen molar-refractivity contribution in [3.63, 3.8) is 0 Å². The second-order valence-electron chi connectivity index (χ2n) is 8.40. The molecule has 0 atom stereocenters. The number of hydrogen-bond acceptors (Lipinski definition) is 8. The van der Waals surface area contributed by atoms with Gasteiger partial charge in [0.15, 0.2) is 0 Å². The van der Waals surface area contributed by atoms with Gasteiger partial charge in [0.05, 0.1) is 26.1 Å². The Kier molecular flexibility index (Phi) is 7.54. The molecule has 0 bridgehead atoms. The van der Waals surface area contributed by atoms with E-state index in [-0.39, 0.29) is 22.8 Å². The smallest absolute Gasteiger partial charge is 0.121 e. The van der Waals surface area contributed by atoms with E-state index in [4.69, 9.17) is 9.47 Å². The van der Waals surface area contributed by atoms with Gasteiger partial charge in [0.2, 0.25) is 0 Å². The van der Waals surface area contributed by atoms with E-state index >= 15 is 0 Å². The summed E-state index contributed by atoms with van der Waals surface area (Å²) in [5.41, 5.74) is 3.05. The zero-order chi connectivity index (χ0) is 24.1. The van der Waals surface area contributed by atoms with Crippen molar-refractivity contribution in [2.24, 2.45) is 0 Å². The average Bonchev–Trinajstić information content (AvgIpc) is 2.85. The standard InChI is InChI=1S/C26H31N3O5/c1-33-22-9-4-19(5-10-22)17-27-14-3-15-28(18-20-6-11-23(34-2)12-7-20)26(27)24-16-21(29(31)32)8-13-25(24)30/h4-13,16,26,30-32H,3,14-15,17-18H2,1-2H3. The molecule has 1 saturated heterocycles. The van der Waals surface area contributed by atoms with Gasteiger partial charge in [-0.3, -0.25) is 20.2 Å². The molecule has 0 aromatic heterocycles. The van der Waals surface area contributed by atoms with Crippen molar-refractivity contribution in [1.82, 2.24) is 9.80 Å². The highest BCUT2D eigenvalue weighted by Crippen LogP contribution is 2.38. The van der Waals surface area contributed by atoms with Crippen LogP contribution in [0, 0.1) is 0 Å². The Labute approximate surface area is 199 Å². The molecule has 8 nitrogen and oxygen atoms in total. The van der Waals surface area contributed by atoms with E-state index < -0.39 is 0 Å². The monoisotopic (exact) mass is 465 g/mol. The molecule has 1 fully saturated rings. The van der Waals surface area contributed by atoms with E-state index in [2.05, 4.69) is 9.80 Å². The number of anilines is 1. The number of phenols is 1. The third kappa shape index (κ3) is 5.43. The van der Waals surface area contributed by atoms with Gasteiger partial charge in [-0.25, -0.2) is 0 Å². The molecule has 3 aromatic rings. The SMILES string of the molecule is COc1ccc(CN2CCCN(Cc3ccc(OC)cc3)C2c2cc(N(O)O)ccc2O)cc1. The van der Waals surface area contributed by atoms with Crippen LogP contribution in [0.5, 0.6) is 17.2 Å². The Balaban J connectivity index is 1.68. The molecule has 3 aromatic carbocycles. The maximum atomic E-state index is 10.8. The van der Waals surface area contributed by atoms with Crippen molar-refractivity contribution in [2.75, 3.05) is 32.5 Å². The number of aromatic hydroxyl groups is 1. The van der Waals surface area contributed by atoms with Crippen LogP contribution in [-0.4, -0.2) is 52.6 Å². The summed E-state index contributed by atoms with van der Waals surface area (Å²) in [5.74, 6) is 1.71. The summed E-state index contributed by atoms with van der Waals surface area (Å²) in [6, 6.07) is 20.5. The Morgan fingerprint density at radius 1 is 0.794 bits per heavy atom. The third-order valence-electron chi connectivity index (χ3n) is 6.19. The summed E-state index contributed by atoms with van der Waals surface area (Å²) in [4.78, 5) is 4.60. The fourth-order valence-corrected chi connectivity index (χ4v) is 4.48. The fourth-order valence-electron chi connectivity index (χ4n) is 4.48. The molecule has 1 aliphatic rings. The van der Waals surface area contributed by atoms with Crippen LogP contribution in [0.4, 0.5) is 5.69 Å². The van der Waals surface area contributed by atoms with E-state index in [0.717, 1.165) is 42.1 Å². The average molecular weight is 466 g/mol. The van der Waals surface area contributed by atoms with Gasteiger partial charge < -0.3 is 14.6 Å². The molecule has 0 radical (unpaired) electrons. The minimum absolute atomic E-state index is 0.0768. The predicted octanol–water partition coefficient (Wildman–Crippen LogP) is 4.40. The van der Waals surface area contributed by atoms with Gasteiger partial charge in [-0.2, -0.15) is 0 Å². The summed E-state index contributed by atoms with van der Waals surface area (Å²) in [7, 11) is 3.29. The number of ether oxygens (including phenoxy) is 2. The van der Waals surface area contributed by atoms with Gasteiger partial charge in [0.25, 0.3) is 0 Å². The van der Waals surface area contributed by atoms with Crippen LogP contribution in [0.2, 0.25) is 0 Å². The normalized spacial score (nSPS) is 15.3. The minimum Gasteiger partial charge on any atom is -0.508 e. The van der Waals surface area contributed by atoms with Gasteiger partial charge in [-0.1, -0.05) is 24.3 Å². The van der Waals surface area contributed by atoms with Crippen molar-refractivity contribution in [3.05, 3.63) is 83.4 Å². The van der Waals surface area contributed by atoms with Crippen LogP contribution in [0.25, 0.3) is 0 Å². The first-order valence-corrected chi connectivity index (χ1v) is 11.2. The molecule has 4 rings (SSSR count). The molecular formula is C26H31N3O5. The molecule has 0 aliphatic carbocycles. The van der Waals surface area contributed by atoms with E-state index in [1.165, 1.54) is 12.1 Å². The quantitative estimate of drug-likeness (QED) is 0.422. The van der Waals surface area contributed by atoms with Crippen molar-refractivity contribution in [3.8, 4) is 17.2 Å². The second-order valence-corrected chi connectivity index (χ2v) is 8.40. The summed E-state index contributed by atoms with van der Waals surface area (Å²) >= 11 is 0. The lowest BCUT2D eigenvalue weighted by molar-refractivity contribution is -0.0107. The highest BCUT2D eigenvalue weighted by atomic mass is 16.8. The van der Waals surface area contributed by atoms with Crippen LogP contribution in [-0.2, 0) is 13.1 Å². The Morgan fingerprint density at radius 2 is 1.29 bits per heavy atom. The molecule has 0 unspecified atom stereocenters. The van der Waals surface area contributed by atoms with Crippen molar-refractivity contribution in [2.45, 2.75) is 25.7 Å². The van der Waals surface area contributed by atoms with E-state index in [0.29, 0.717) is 18.7 Å². The number of benzene rings is 3. The molecule has 8 heteroatoms. The molecule has 34 heavy (non-hydrogen) atoms. The summed E-state index contributed by atoms with van der Waals surface area (Å²) in [5, 5.41) is 30.1. The molecule has 0 amide bonds. The van der Waals surface area contributed by atoms with Gasteiger partial charge in [-0.05, 0) is 60.0 Å². The number of methoxy groups -OCH3 is 2. The molecule has 1 aliphatic heterocycles. The maximum Gasteiger partial charge on any atom is 0.121 e. The fraction of sp³-hybridized carbons (Fsp3) is 0.308. The second kappa shape index (κ2) is 10.8. The predicted molar refractivity (Wildman–Crippen MR) is 128 cm³/mol. The first kappa shape index (κ1) is 23.8. The summed E-state index contributed by atoms with van der Waals surface area (Å²) in [6.07, 6.45) is 0.702. The van der Waals surface area contributed by atoms with E-state index in [1.54, 1.807) is 20.3 Å². The third-order valence-corrected chi connectivity index (χ3v) is 6.19. The molecule has 180 valence electrons. The van der Waals surface area contributed by atoms with Crippen LogP contribution >= 0.6 is 0 Å². The number of phenolic OH excluding ortho intramolecular Hbond substituents is 1. The van der Waals surface area contributed by atoms with Gasteiger partial charge >= 0.3 is 0 Å². The van der Waals surface area contributed by atoms with Crippen LogP contribution < -0.4 is 14.7 Å². The van der Waals surface area contributed by atoms with Crippen LogP contribution in [0.15, 0.2) is 66.7 Å². The summed E-state index contributed by atoms with van der Waals surface area (Å²) < 4.78 is 10.6. The Morgan fingerprint density at radius 3 is 1.74 bits per heavy atom. The lowest BCUT2D eigenvalue weighted by Gasteiger charge is -2.44. The van der Waals surface area contributed by atoms with Gasteiger partial charge in [0.1, 0.15) is 17.2 Å². The summed E-state index contributed by atoms with van der Waals surface area (Å²) in [6.45, 7) is 3.00. The van der Waals surface area contributed by atoms with Crippen molar-refractivity contribution in [1.29, 1.82) is 0 Å². The van der Waals surface area contributed by atoms with Gasteiger partial charge in [0, 0.05) is 31.7 Å². The number of hydrogen-bond donors (Lipinski definition) is 3. The molecule has 0 saturated carbocycles. The van der Waals surface area contributed by atoms with Gasteiger partial charge in [-0.15, -0.1) is 5.23 Å². The molecule has 1 heterocycles. The topological polar surface area (TPSA) is 88.9 Å². The zero-order valence-corrected chi connectivity index (χ0v) is 19.5. The van der Waals surface area contributed by atoms with Crippen molar-refractivity contribution < 1.29 is 25.0 Å². The van der Waals surface area contributed by atoms with E-state index in [9.17, 15) is 15.5 Å². The molecular weight excluding hydrogens is 434 g/mol. The highest BCUT2D eigenvalue weighted by molar-refractivity contribution is 5.50. The lowest BCUT2D eigenvalue weighted by Crippen LogP contribution is -2.47. The Hall–Kier alpha value is -3.30. The first-order chi connectivity index (χ1) is 16.5. The zero-order valence-electron chi connectivity index (χ0n) is 19.5. The first-order valence-electron chi connectivity index (χ1n) is 11.2. The van der Waals surface area contributed by atoms with Crippen LogP contribution in [0.3, 0.4) is 0 Å². The maximum absolute atomic E-state index is 10.8. The minimum atomic E-state index is -0.266. The Bertz CT molecular complexity index is 1020. The highest BCUT2D eigenvalue weighted by Gasteiger charge is 2.33. The molecule has 0 spiro atoms. The van der Waals surface area contributed by atoms with Crippen LogP contribution in [0.1, 0.15) is 29.3 Å². The number of nitrogens with zero attached hydrogens (tertiary/aromatic N) is 3. The largest absolute Gasteiger partial charge is 0.508 e. The molecule has 3 N–H and O–H groups in total. The van der Waals surface area contributed by atoms with Crippen molar-refractivity contribution >= 4 is 5.69 Å². The van der Waals surface area contributed by atoms with E-state index in [1.807, 2.05) is 48.5 Å². The number of rotatable bonds is 8. The lowest BCUT2D eigenvalue weighted by atomic mass is 10.0.